The molecule has 0 bridgehead atoms. The second-order valence-corrected chi connectivity index (χ2v) is 5.09. The number of fused-ring (bicyclic) bond motifs is 1. The third-order valence-corrected chi connectivity index (χ3v) is 3.61. The fourth-order valence-corrected chi connectivity index (χ4v) is 2.21. The highest BCUT2D eigenvalue weighted by molar-refractivity contribution is 9.10. The number of hydrogen-bond donors (Lipinski definition) is 1. The van der Waals surface area contributed by atoms with Crippen LogP contribution in [0.15, 0.2) is 46.9 Å². The summed E-state index contributed by atoms with van der Waals surface area (Å²) in [6.45, 7) is 0. The normalized spacial score (nSPS) is 10.9. The number of aromatic nitrogens is 2. The van der Waals surface area contributed by atoms with Crippen molar-refractivity contribution in [2.75, 3.05) is 5.32 Å². The van der Waals surface area contributed by atoms with Crippen LogP contribution in [0.1, 0.15) is 0 Å². The summed E-state index contributed by atoms with van der Waals surface area (Å²) in [7, 11) is 1.92. The van der Waals surface area contributed by atoms with Crippen molar-refractivity contribution >= 4 is 38.6 Å². The molecule has 5 heteroatoms. The van der Waals surface area contributed by atoms with Crippen molar-refractivity contribution in [2.24, 2.45) is 7.05 Å². The van der Waals surface area contributed by atoms with Gasteiger partial charge in [0.2, 0.25) is 5.95 Å². The first kappa shape index (κ1) is 12.2. The highest BCUT2D eigenvalue weighted by Gasteiger charge is 2.08. The molecular weight excluding hydrogens is 309 g/mol. The SMILES string of the molecule is Cn1c(Nc2ccc(Br)c(F)c2)nc2ccccc21. The first-order valence-electron chi connectivity index (χ1n) is 5.78. The number of anilines is 2. The van der Waals surface area contributed by atoms with Crippen LogP contribution in [0.4, 0.5) is 16.0 Å². The summed E-state index contributed by atoms with van der Waals surface area (Å²) in [5, 5.41) is 3.12. The molecule has 3 aromatic rings. The Labute approximate surface area is 118 Å². The van der Waals surface area contributed by atoms with Gasteiger partial charge in [0.25, 0.3) is 0 Å². The summed E-state index contributed by atoms with van der Waals surface area (Å²) in [5.41, 5.74) is 2.60. The van der Waals surface area contributed by atoms with Gasteiger partial charge in [0, 0.05) is 12.7 Å². The van der Waals surface area contributed by atoms with E-state index in [2.05, 4.69) is 26.2 Å². The van der Waals surface area contributed by atoms with E-state index < -0.39 is 0 Å². The number of imidazole rings is 1. The molecule has 2 aromatic carbocycles. The van der Waals surface area contributed by atoms with Crippen LogP contribution < -0.4 is 5.32 Å². The van der Waals surface area contributed by atoms with Gasteiger partial charge in [-0.15, -0.1) is 0 Å². The van der Waals surface area contributed by atoms with Gasteiger partial charge in [-0.3, -0.25) is 0 Å². The van der Waals surface area contributed by atoms with Gasteiger partial charge in [-0.25, -0.2) is 9.37 Å². The maximum atomic E-state index is 13.5. The standard InChI is InChI=1S/C14H11BrFN3/c1-19-13-5-3-2-4-12(13)18-14(19)17-9-6-7-10(15)11(16)8-9/h2-8H,1H3,(H,17,18). The van der Waals surface area contributed by atoms with Gasteiger partial charge >= 0.3 is 0 Å². The Balaban J connectivity index is 2.01. The Morgan fingerprint density at radius 3 is 2.74 bits per heavy atom. The van der Waals surface area contributed by atoms with Crippen LogP contribution in [-0.4, -0.2) is 9.55 Å². The Kier molecular flexibility index (Phi) is 2.98. The van der Waals surface area contributed by atoms with Crippen molar-refractivity contribution in [3.63, 3.8) is 0 Å². The minimum atomic E-state index is -0.302. The molecule has 0 radical (unpaired) electrons. The van der Waals surface area contributed by atoms with Gasteiger partial charge < -0.3 is 9.88 Å². The maximum absolute atomic E-state index is 13.5. The van der Waals surface area contributed by atoms with Gasteiger partial charge in [0.05, 0.1) is 15.5 Å². The molecule has 0 aliphatic rings. The number of para-hydroxylation sites is 2. The van der Waals surface area contributed by atoms with Crippen LogP contribution in [0.25, 0.3) is 11.0 Å². The molecule has 0 spiro atoms. The molecule has 3 nitrogen and oxygen atoms in total. The lowest BCUT2D eigenvalue weighted by molar-refractivity contribution is 0.621. The van der Waals surface area contributed by atoms with Crippen LogP contribution in [0, 0.1) is 5.82 Å². The smallest absolute Gasteiger partial charge is 0.208 e. The van der Waals surface area contributed by atoms with E-state index >= 15 is 0 Å². The number of hydrogen-bond acceptors (Lipinski definition) is 2. The molecule has 0 saturated heterocycles. The quantitative estimate of drug-likeness (QED) is 0.766. The lowest BCUT2D eigenvalue weighted by atomic mass is 10.3. The number of benzene rings is 2. The average molecular weight is 320 g/mol. The summed E-state index contributed by atoms with van der Waals surface area (Å²) in [5.74, 6) is 0.381. The molecule has 0 fully saturated rings. The molecule has 3 rings (SSSR count). The van der Waals surface area contributed by atoms with Crippen LogP contribution in [0.2, 0.25) is 0 Å². The predicted molar refractivity (Wildman–Crippen MR) is 78.1 cm³/mol. The van der Waals surface area contributed by atoms with Gasteiger partial charge in [0.15, 0.2) is 0 Å². The molecule has 1 aromatic heterocycles. The molecule has 1 N–H and O–H groups in total. The zero-order valence-electron chi connectivity index (χ0n) is 10.2. The molecule has 0 atom stereocenters. The summed E-state index contributed by atoms with van der Waals surface area (Å²) >= 11 is 3.13. The monoisotopic (exact) mass is 319 g/mol. The number of rotatable bonds is 2. The molecule has 0 unspecified atom stereocenters. The topological polar surface area (TPSA) is 29.9 Å². The van der Waals surface area contributed by atoms with Crippen LogP contribution in [0.3, 0.4) is 0 Å². The number of nitrogens with one attached hydrogen (secondary N) is 1. The lowest BCUT2D eigenvalue weighted by Gasteiger charge is -2.06. The third kappa shape index (κ3) is 2.21. The van der Waals surface area contributed by atoms with E-state index in [0.29, 0.717) is 16.1 Å². The van der Waals surface area contributed by atoms with E-state index in [-0.39, 0.29) is 5.82 Å². The first-order valence-corrected chi connectivity index (χ1v) is 6.58. The van der Waals surface area contributed by atoms with Crippen molar-refractivity contribution in [1.82, 2.24) is 9.55 Å². The number of nitrogens with zero attached hydrogens (tertiary/aromatic N) is 2. The van der Waals surface area contributed by atoms with Crippen molar-refractivity contribution < 1.29 is 4.39 Å². The van der Waals surface area contributed by atoms with E-state index in [1.54, 1.807) is 12.1 Å². The zero-order valence-corrected chi connectivity index (χ0v) is 11.8. The van der Waals surface area contributed by atoms with Gasteiger partial charge in [0.1, 0.15) is 5.82 Å². The molecule has 0 amide bonds. The Morgan fingerprint density at radius 1 is 1.21 bits per heavy atom. The van der Waals surface area contributed by atoms with E-state index in [1.807, 2.05) is 35.9 Å². The van der Waals surface area contributed by atoms with Crippen molar-refractivity contribution in [3.8, 4) is 0 Å². The van der Waals surface area contributed by atoms with Crippen LogP contribution >= 0.6 is 15.9 Å². The summed E-state index contributed by atoms with van der Waals surface area (Å²) < 4.78 is 15.9. The Bertz CT molecular complexity index is 752. The summed E-state index contributed by atoms with van der Waals surface area (Å²) in [6.07, 6.45) is 0. The fraction of sp³-hybridized carbons (Fsp3) is 0.0714. The predicted octanol–water partition coefficient (Wildman–Crippen LogP) is 4.22. The molecule has 1 heterocycles. The van der Waals surface area contributed by atoms with Crippen molar-refractivity contribution in [3.05, 3.63) is 52.8 Å². The van der Waals surface area contributed by atoms with Gasteiger partial charge in [-0.1, -0.05) is 12.1 Å². The van der Waals surface area contributed by atoms with Crippen LogP contribution in [0.5, 0.6) is 0 Å². The van der Waals surface area contributed by atoms with E-state index in [1.165, 1.54) is 6.07 Å². The van der Waals surface area contributed by atoms with Crippen molar-refractivity contribution in [1.29, 1.82) is 0 Å². The Hall–Kier alpha value is -1.88. The van der Waals surface area contributed by atoms with E-state index in [4.69, 9.17) is 0 Å². The maximum Gasteiger partial charge on any atom is 0.208 e. The number of halogens is 2. The lowest BCUT2D eigenvalue weighted by Crippen LogP contribution is -1.99. The number of aryl methyl sites for hydroxylation is 1. The minimum absolute atomic E-state index is 0.302. The summed E-state index contributed by atoms with van der Waals surface area (Å²) in [4.78, 5) is 4.48. The molecule has 96 valence electrons. The zero-order chi connectivity index (χ0) is 13.4. The molecule has 19 heavy (non-hydrogen) atoms. The second-order valence-electron chi connectivity index (χ2n) is 4.24. The van der Waals surface area contributed by atoms with Gasteiger partial charge in [-0.05, 0) is 46.3 Å². The van der Waals surface area contributed by atoms with E-state index in [0.717, 1.165) is 11.0 Å². The van der Waals surface area contributed by atoms with Gasteiger partial charge in [-0.2, -0.15) is 0 Å². The largest absolute Gasteiger partial charge is 0.325 e. The second kappa shape index (κ2) is 4.66. The average Bonchev–Trinajstić information content (AvgIpc) is 2.72. The van der Waals surface area contributed by atoms with Crippen LogP contribution in [-0.2, 0) is 7.05 Å². The molecular formula is C14H11BrFN3. The Morgan fingerprint density at radius 2 is 2.00 bits per heavy atom. The fourth-order valence-electron chi connectivity index (χ4n) is 1.96. The summed E-state index contributed by atoms with van der Waals surface area (Å²) in [6, 6.07) is 12.8. The highest BCUT2D eigenvalue weighted by atomic mass is 79.9. The molecule has 0 saturated carbocycles. The highest BCUT2D eigenvalue weighted by Crippen LogP contribution is 2.24. The van der Waals surface area contributed by atoms with E-state index in [9.17, 15) is 4.39 Å². The van der Waals surface area contributed by atoms with Crippen molar-refractivity contribution in [2.45, 2.75) is 0 Å². The first-order chi connectivity index (χ1) is 9.15. The molecule has 0 aliphatic carbocycles. The third-order valence-electron chi connectivity index (χ3n) is 2.96. The molecule has 0 aliphatic heterocycles. The minimum Gasteiger partial charge on any atom is -0.325 e.